The number of ether oxygens (including phenoxy) is 3. The molecule has 0 heterocycles. The van der Waals surface area contributed by atoms with Crippen LogP contribution in [0, 0.1) is 6.92 Å². The van der Waals surface area contributed by atoms with Crippen molar-refractivity contribution in [2.75, 3.05) is 27.4 Å². The second kappa shape index (κ2) is 8.84. The Bertz CT molecular complexity index is 788. The van der Waals surface area contributed by atoms with Crippen molar-refractivity contribution in [3.05, 3.63) is 53.6 Å². The fourth-order valence-corrected chi connectivity index (χ4v) is 3.29. The SMILES string of the molecule is COCCOc1ccc(S(=O)(=O)NCc2ccc(OC)cc2)cc1C. The summed E-state index contributed by atoms with van der Waals surface area (Å²) in [5.74, 6) is 1.37. The predicted molar refractivity (Wildman–Crippen MR) is 95.6 cm³/mol. The molecule has 0 saturated heterocycles. The van der Waals surface area contributed by atoms with E-state index in [1.165, 1.54) is 6.07 Å². The number of hydrogen-bond acceptors (Lipinski definition) is 5. The van der Waals surface area contributed by atoms with Gasteiger partial charge >= 0.3 is 0 Å². The molecule has 0 fully saturated rings. The van der Waals surface area contributed by atoms with Crippen molar-refractivity contribution in [3.63, 3.8) is 0 Å². The first-order chi connectivity index (χ1) is 12.0. The molecule has 0 aromatic heterocycles. The molecule has 136 valence electrons. The van der Waals surface area contributed by atoms with Crippen molar-refractivity contribution in [3.8, 4) is 11.5 Å². The van der Waals surface area contributed by atoms with Gasteiger partial charge in [0.1, 0.15) is 18.1 Å². The molecule has 0 unspecified atom stereocenters. The maximum Gasteiger partial charge on any atom is 0.240 e. The van der Waals surface area contributed by atoms with Crippen LogP contribution in [-0.2, 0) is 21.3 Å². The van der Waals surface area contributed by atoms with Gasteiger partial charge in [0, 0.05) is 13.7 Å². The van der Waals surface area contributed by atoms with E-state index >= 15 is 0 Å². The van der Waals surface area contributed by atoms with Crippen LogP contribution in [0.25, 0.3) is 0 Å². The van der Waals surface area contributed by atoms with Crippen molar-refractivity contribution < 1.29 is 22.6 Å². The number of benzene rings is 2. The van der Waals surface area contributed by atoms with E-state index in [0.717, 1.165) is 16.9 Å². The van der Waals surface area contributed by atoms with E-state index in [9.17, 15) is 8.42 Å². The van der Waals surface area contributed by atoms with Crippen LogP contribution < -0.4 is 14.2 Å². The molecule has 0 amide bonds. The zero-order chi connectivity index (χ0) is 18.3. The Morgan fingerprint density at radius 3 is 2.32 bits per heavy atom. The topological polar surface area (TPSA) is 73.9 Å². The zero-order valence-electron chi connectivity index (χ0n) is 14.6. The highest BCUT2D eigenvalue weighted by Crippen LogP contribution is 2.22. The Labute approximate surface area is 148 Å². The Balaban J connectivity index is 2.04. The molecule has 7 heteroatoms. The standard InChI is InChI=1S/C18H23NO5S/c1-14-12-17(8-9-18(14)24-11-10-22-2)25(20,21)19-13-15-4-6-16(23-3)7-5-15/h4-9,12,19H,10-11,13H2,1-3H3. The van der Waals surface area contributed by atoms with Crippen molar-refractivity contribution >= 4 is 10.0 Å². The lowest BCUT2D eigenvalue weighted by Crippen LogP contribution is -2.23. The smallest absolute Gasteiger partial charge is 0.240 e. The average molecular weight is 365 g/mol. The lowest BCUT2D eigenvalue weighted by Gasteiger charge is -2.12. The highest BCUT2D eigenvalue weighted by atomic mass is 32.2. The van der Waals surface area contributed by atoms with Gasteiger partial charge in [-0.1, -0.05) is 12.1 Å². The maximum absolute atomic E-state index is 12.5. The molecular formula is C18H23NO5S. The van der Waals surface area contributed by atoms with Crippen LogP contribution in [0.2, 0.25) is 0 Å². The van der Waals surface area contributed by atoms with Gasteiger partial charge < -0.3 is 14.2 Å². The molecule has 2 aromatic rings. The van der Waals surface area contributed by atoms with Crippen LogP contribution >= 0.6 is 0 Å². The van der Waals surface area contributed by atoms with Crippen molar-refractivity contribution in [2.45, 2.75) is 18.4 Å². The van der Waals surface area contributed by atoms with Crippen molar-refractivity contribution in [2.24, 2.45) is 0 Å². The van der Waals surface area contributed by atoms with Crippen LogP contribution in [0.4, 0.5) is 0 Å². The Morgan fingerprint density at radius 1 is 1.00 bits per heavy atom. The molecular weight excluding hydrogens is 342 g/mol. The molecule has 6 nitrogen and oxygen atoms in total. The normalized spacial score (nSPS) is 11.3. The lowest BCUT2D eigenvalue weighted by molar-refractivity contribution is 0.146. The fraction of sp³-hybridized carbons (Fsp3) is 0.333. The van der Waals surface area contributed by atoms with Gasteiger partial charge in [-0.15, -0.1) is 0 Å². The van der Waals surface area contributed by atoms with Crippen LogP contribution in [-0.4, -0.2) is 35.9 Å². The highest BCUT2D eigenvalue weighted by molar-refractivity contribution is 7.89. The first-order valence-electron chi connectivity index (χ1n) is 7.81. The first kappa shape index (κ1) is 19.2. The summed E-state index contributed by atoms with van der Waals surface area (Å²) in [7, 11) is -0.416. The number of sulfonamides is 1. The molecule has 0 aliphatic rings. The van der Waals surface area contributed by atoms with Crippen molar-refractivity contribution in [1.82, 2.24) is 4.72 Å². The summed E-state index contributed by atoms with van der Waals surface area (Å²) in [6, 6.07) is 12.0. The highest BCUT2D eigenvalue weighted by Gasteiger charge is 2.15. The van der Waals surface area contributed by atoms with Gasteiger partial charge in [0.15, 0.2) is 0 Å². The summed E-state index contributed by atoms with van der Waals surface area (Å²) < 4.78 is 43.1. The van der Waals surface area contributed by atoms with Crippen LogP contribution in [0.3, 0.4) is 0 Å². The summed E-state index contributed by atoms with van der Waals surface area (Å²) >= 11 is 0. The molecule has 0 spiro atoms. The second-order valence-electron chi connectivity index (χ2n) is 5.44. The number of rotatable bonds is 9. The minimum atomic E-state index is -3.60. The van der Waals surface area contributed by atoms with E-state index in [0.29, 0.717) is 19.0 Å². The number of hydrogen-bond donors (Lipinski definition) is 1. The van der Waals surface area contributed by atoms with E-state index in [1.807, 2.05) is 19.1 Å². The van der Waals surface area contributed by atoms with Gasteiger partial charge in [-0.3, -0.25) is 0 Å². The van der Waals surface area contributed by atoms with Gasteiger partial charge in [-0.2, -0.15) is 0 Å². The monoisotopic (exact) mass is 365 g/mol. The van der Waals surface area contributed by atoms with Gasteiger partial charge in [-0.25, -0.2) is 13.1 Å². The third-order valence-electron chi connectivity index (χ3n) is 3.63. The first-order valence-corrected chi connectivity index (χ1v) is 9.29. The van der Waals surface area contributed by atoms with E-state index in [1.54, 1.807) is 38.5 Å². The minimum absolute atomic E-state index is 0.206. The largest absolute Gasteiger partial charge is 0.497 e. The molecule has 2 aromatic carbocycles. The lowest BCUT2D eigenvalue weighted by atomic mass is 10.2. The Kier molecular flexibility index (Phi) is 6.81. The quantitative estimate of drug-likeness (QED) is 0.691. The maximum atomic E-state index is 12.5. The van der Waals surface area contributed by atoms with E-state index in [2.05, 4.69) is 4.72 Å². The molecule has 2 rings (SSSR count). The average Bonchev–Trinajstić information content (AvgIpc) is 2.62. The summed E-state index contributed by atoms with van der Waals surface area (Å²) in [6.45, 7) is 2.91. The van der Waals surface area contributed by atoms with Crippen LogP contribution in [0.15, 0.2) is 47.4 Å². The Morgan fingerprint density at radius 2 is 1.72 bits per heavy atom. The van der Waals surface area contributed by atoms with Crippen LogP contribution in [0.1, 0.15) is 11.1 Å². The molecule has 0 bridgehead atoms. The summed E-state index contributed by atoms with van der Waals surface area (Å²) in [5.41, 5.74) is 1.60. The molecule has 0 aliphatic carbocycles. The summed E-state index contributed by atoms with van der Waals surface area (Å²) in [5, 5.41) is 0. The van der Waals surface area contributed by atoms with E-state index in [-0.39, 0.29) is 11.4 Å². The van der Waals surface area contributed by atoms with Crippen molar-refractivity contribution in [1.29, 1.82) is 0 Å². The summed E-state index contributed by atoms with van der Waals surface area (Å²) in [6.07, 6.45) is 0. The number of methoxy groups -OCH3 is 2. The molecule has 0 aliphatic heterocycles. The number of aryl methyl sites for hydroxylation is 1. The molecule has 0 saturated carbocycles. The second-order valence-corrected chi connectivity index (χ2v) is 7.21. The summed E-state index contributed by atoms with van der Waals surface area (Å²) in [4.78, 5) is 0.206. The van der Waals surface area contributed by atoms with Gasteiger partial charge in [0.25, 0.3) is 0 Å². The molecule has 0 radical (unpaired) electrons. The predicted octanol–water partition coefficient (Wildman–Crippen LogP) is 2.51. The van der Waals surface area contributed by atoms with E-state index in [4.69, 9.17) is 14.2 Å². The molecule has 1 N–H and O–H groups in total. The van der Waals surface area contributed by atoms with E-state index < -0.39 is 10.0 Å². The third-order valence-corrected chi connectivity index (χ3v) is 5.03. The van der Waals surface area contributed by atoms with Crippen LogP contribution in [0.5, 0.6) is 11.5 Å². The number of nitrogens with one attached hydrogen (secondary N) is 1. The van der Waals surface area contributed by atoms with Gasteiger partial charge in [0.05, 0.1) is 18.6 Å². The van der Waals surface area contributed by atoms with Gasteiger partial charge in [-0.05, 0) is 48.4 Å². The van der Waals surface area contributed by atoms with Gasteiger partial charge in [0.2, 0.25) is 10.0 Å². The minimum Gasteiger partial charge on any atom is -0.497 e. The zero-order valence-corrected chi connectivity index (χ0v) is 15.4. The fourth-order valence-electron chi connectivity index (χ4n) is 2.19. The molecule has 0 atom stereocenters. The Hall–Kier alpha value is -2.09. The third kappa shape index (κ3) is 5.45. The molecule has 25 heavy (non-hydrogen) atoms.